The van der Waals surface area contributed by atoms with Gasteiger partial charge in [0.1, 0.15) is 15.5 Å². The Labute approximate surface area is 123 Å². The molecule has 0 aromatic heterocycles. The molecule has 0 unspecified atom stereocenters. The highest BCUT2D eigenvalue weighted by molar-refractivity contribution is 7.90. The molecular weight excluding hydrogens is 296 g/mol. The number of aliphatic hydroxyl groups excluding tert-OH is 1. The van der Waals surface area contributed by atoms with Crippen molar-refractivity contribution < 1.29 is 18.4 Å². The number of hydrogen-bond donors (Lipinski definition) is 2. The maximum absolute atomic E-state index is 11.4. The normalized spacial score (nSPS) is 16.5. The smallest absolute Gasteiger partial charge is 0.292 e. The summed E-state index contributed by atoms with van der Waals surface area (Å²) in [6, 6.07) is 4.35. The molecule has 1 fully saturated rings. The largest absolute Gasteiger partial charge is 0.392 e. The Morgan fingerprint density at radius 2 is 2.10 bits per heavy atom. The minimum Gasteiger partial charge on any atom is -0.392 e. The lowest BCUT2D eigenvalue weighted by Gasteiger charge is -2.16. The Hall–Kier alpha value is -1.67. The SMILES string of the molecule is CS(=O)(=O)CC1(CNc2cc(CO)ccc2[N+](=O)[O-])CC1. The lowest BCUT2D eigenvalue weighted by atomic mass is 10.1. The molecule has 7 nitrogen and oxygen atoms in total. The van der Waals surface area contributed by atoms with Crippen molar-refractivity contribution in [3.63, 3.8) is 0 Å². The number of nitro benzene ring substituents is 1. The molecule has 0 aliphatic heterocycles. The molecule has 2 N–H and O–H groups in total. The van der Waals surface area contributed by atoms with Crippen LogP contribution in [0.25, 0.3) is 0 Å². The third-order valence-electron chi connectivity index (χ3n) is 3.62. The highest BCUT2D eigenvalue weighted by Gasteiger charge is 2.45. The van der Waals surface area contributed by atoms with E-state index in [9.17, 15) is 18.5 Å². The molecule has 0 saturated heterocycles. The Balaban J connectivity index is 2.14. The fraction of sp³-hybridized carbons (Fsp3) is 0.538. The van der Waals surface area contributed by atoms with Crippen LogP contribution in [0.1, 0.15) is 18.4 Å². The fourth-order valence-corrected chi connectivity index (χ4v) is 3.87. The minimum absolute atomic E-state index is 0.0812. The van der Waals surface area contributed by atoms with Gasteiger partial charge in [0.2, 0.25) is 0 Å². The summed E-state index contributed by atoms with van der Waals surface area (Å²) in [7, 11) is -3.08. The maximum Gasteiger partial charge on any atom is 0.292 e. The second-order valence-corrected chi connectivity index (χ2v) is 7.83. The first-order chi connectivity index (χ1) is 9.75. The molecule has 0 amide bonds. The highest BCUT2D eigenvalue weighted by Crippen LogP contribution is 2.47. The van der Waals surface area contributed by atoms with Crippen molar-refractivity contribution in [3.8, 4) is 0 Å². The summed E-state index contributed by atoms with van der Waals surface area (Å²) >= 11 is 0. The van der Waals surface area contributed by atoms with Crippen LogP contribution in [0, 0.1) is 15.5 Å². The van der Waals surface area contributed by atoms with E-state index in [1.165, 1.54) is 24.5 Å². The molecule has 0 bridgehead atoms. The number of rotatable bonds is 7. The number of aliphatic hydroxyl groups is 1. The van der Waals surface area contributed by atoms with Crippen LogP contribution in [-0.2, 0) is 16.4 Å². The molecule has 0 spiro atoms. The van der Waals surface area contributed by atoms with Crippen LogP contribution in [0.15, 0.2) is 18.2 Å². The van der Waals surface area contributed by atoms with Crippen LogP contribution in [0.3, 0.4) is 0 Å². The van der Waals surface area contributed by atoms with Gasteiger partial charge in [-0.3, -0.25) is 10.1 Å². The van der Waals surface area contributed by atoms with Crippen molar-refractivity contribution >= 4 is 21.2 Å². The fourth-order valence-electron chi connectivity index (χ4n) is 2.37. The minimum atomic E-state index is -3.08. The van der Waals surface area contributed by atoms with E-state index < -0.39 is 14.8 Å². The average molecular weight is 314 g/mol. The number of sulfone groups is 1. The van der Waals surface area contributed by atoms with Crippen LogP contribution < -0.4 is 5.32 Å². The van der Waals surface area contributed by atoms with Gasteiger partial charge < -0.3 is 10.4 Å². The van der Waals surface area contributed by atoms with Crippen LogP contribution in [0.2, 0.25) is 0 Å². The van der Waals surface area contributed by atoms with Crippen LogP contribution in [-0.4, -0.2) is 37.0 Å². The van der Waals surface area contributed by atoms with E-state index in [-0.39, 0.29) is 23.5 Å². The van der Waals surface area contributed by atoms with Crippen LogP contribution in [0.5, 0.6) is 0 Å². The summed E-state index contributed by atoms with van der Waals surface area (Å²) in [6.45, 7) is 0.164. The first-order valence-corrected chi connectivity index (χ1v) is 8.61. The van der Waals surface area contributed by atoms with E-state index in [2.05, 4.69) is 5.32 Å². The van der Waals surface area contributed by atoms with Gasteiger partial charge in [-0.05, 0) is 30.5 Å². The van der Waals surface area contributed by atoms with Crippen molar-refractivity contribution in [1.82, 2.24) is 0 Å². The lowest BCUT2D eigenvalue weighted by molar-refractivity contribution is -0.384. The van der Waals surface area contributed by atoms with Gasteiger partial charge in [-0.15, -0.1) is 0 Å². The zero-order chi connectivity index (χ0) is 15.7. The van der Waals surface area contributed by atoms with E-state index in [1.54, 1.807) is 0 Å². The summed E-state index contributed by atoms with van der Waals surface area (Å²) in [5.41, 5.74) is 0.473. The summed E-state index contributed by atoms with van der Waals surface area (Å²) in [4.78, 5) is 10.5. The predicted molar refractivity (Wildman–Crippen MR) is 78.9 cm³/mol. The Morgan fingerprint density at radius 1 is 1.43 bits per heavy atom. The molecule has 1 aromatic rings. The summed E-state index contributed by atoms with van der Waals surface area (Å²) < 4.78 is 22.8. The van der Waals surface area contributed by atoms with Gasteiger partial charge in [-0.2, -0.15) is 0 Å². The second kappa shape index (κ2) is 5.61. The number of anilines is 1. The van der Waals surface area contributed by atoms with Crippen LogP contribution in [0.4, 0.5) is 11.4 Å². The second-order valence-electron chi connectivity index (χ2n) is 5.69. The van der Waals surface area contributed by atoms with Crippen LogP contribution >= 0.6 is 0 Å². The quantitative estimate of drug-likeness (QED) is 0.580. The van der Waals surface area contributed by atoms with E-state index in [0.717, 1.165) is 12.8 Å². The van der Waals surface area contributed by atoms with Crippen molar-refractivity contribution in [1.29, 1.82) is 0 Å². The molecule has 0 radical (unpaired) electrons. The molecule has 1 aliphatic carbocycles. The van der Waals surface area contributed by atoms with Gasteiger partial charge in [0.15, 0.2) is 0 Å². The average Bonchev–Trinajstić information content (AvgIpc) is 3.13. The molecule has 1 aromatic carbocycles. The topological polar surface area (TPSA) is 110 Å². The number of nitrogens with zero attached hydrogens (tertiary/aromatic N) is 1. The molecule has 21 heavy (non-hydrogen) atoms. The van der Waals surface area contributed by atoms with Gasteiger partial charge in [-0.1, -0.05) is 0 Å². The maximum atomic E-state index is 11.4. The van der Waals surface area contributed by atoms with Crippen molar-refractivity contribution in [2.45, 2.75) is 19.4 Å². The van der Waals surface area contributed by atoms with Gasteiger partial charge in [0.25, 0.3) is 5.69 Å². The third kappa shape index (κ3) is 4.15. The molecule has 8 heteroatoms. The van der Waals surface area contributed by atoms with E-state index in [1.807, 2.05) is 0 Å². The number of hydrogen-bond acceptors (Lipinski definition) is 6. The van der Waals surface area contributed by atoms with Gasteiger partial charge >= 0.3 is 0 Å². The highest BCUT2D eigenvalue weighted by atomic mass is 32.2. The number of nitro groups is 1. The Bertz CT molecular complexity index is 653. The monoisotopic (exact) mass is 314 g/mol. The van der Waals surface area contributed by atoms with E-state index >= 15 is 0 Å². The van der Waals surface area contributed by atoms with Crippen molar-refractivity contribution in [2.75, 3.05) is 23.9 Å². The van der Waals surface area contributed by atoms with Crippen molar-refractivity contribution in [3.05, 3.63) is 33.9 Å². The van der Waals surface area contributed by atoms with E-state index in [4.69, 9.17) is 5.11 Å². The molecule has 116 valence electrons. The first kappa shape index (κ1) is 15.7. The molecule has 1 saturated carbocycles. The lowest BCUT2D eigenvalue weighted by Crippen LogP contribution is -2.24. The van der Waals surface area contributed by atoms with Crippen molar-refractivity contribution in [2.24, 2.45) is 5.41 Å². The third-order valence-corrected chi connectivity index (χ3v) is 4.76. The molecular formula is C13H18N2O5S. The summed E-state index contributed by atoms with van der Waals surface area (Å²) in [5.74, 6) is 0.0838. The van der Waals surface area contributed by atoms with Gasteiger partial charge in [-0.25, -0.2) is 8.42 Å². The molecule has 0 atom stereocenters. The summed E-state index contributed by atoms with van der Waals surface area (Å²) in [5, 5.41) is 23.1. The first-order valence-electron chi connectivity index (χ1n) is 6.54. The number of benzene rings is 1. The molecule has 0 heterocycles. The van der Waals surface area contributed by atoms with E-state index in [0.29, 0.717) is 17.8 Å². The zero-order valence-electron chi connectivity index (χ0n) is 11.7. The van der Waals surface area contributed by atoms with Gasteiger partial charge in [0, 0.05) is 24.3 Å². The summed E-state index contributed by atoms with van der Waals surface area (Å²) in [6.07, 6.45) is 2.78. The molecule has 2 rings (SSSR count). The van der Waals surface area contributed by atoms with Gasteiger partial charge in [0.05, 0.1) is 17.3 Å². The Morgan fingerprint density at radius 3 is 2.57 bits per heavy atom. The standard InChI is InChI=1S/C13H18N2O5S/c1-21(19,20)9-13(4-5-13)8-14-11-6-10(7-16)2-3-12(11)15(17)18/h2-3,6,14,16H,4-5,7-9H2,1H3. The Kier molecular flexibility index (Phi) is 4.20. The predicted octanol–water partition coefficient (Wildman–Crippen LogP) is 1.32. The number of nitrogens with one attached hydrogen (secondary N) is 1. The zero-order valence-corrected chi connectivity index (χ0v) is 12.5. The molecule has 1 aliphatic rings.